The zero-order chi connectivity index (χ0) is 29.3. The second kappa shape index (κ2) is 15.0. The Morgan fingerprint density at radius 3 is 1.65 bits per heavy atom. The fourth-order valence-electron chi connectivity index (χ4n) is 4.47. The van der Waals surface area contributed by atoms with E-state index in [1.54, 1.807) is 4.90 Å². The van der Waals surface area contributed by atoms with E-state index in [-0.39, 0.29) is 24.4 Å². The summed E-state index contributed by atoms with van der Waals surface area (Å²) in [6.07, 6.45) is 8.04. The molecule has 232 valence electrons. The van der Waals surface area contributed by atoms with Gasteiger partial charge in [-0.3, -0.25) is 0 Å². The molecule has 5 fully saturated rings. The van der Waals surface area contributed by atoms with Crippen LogP contribution in [0.25, 0.3) is 0 Å². The summed E-state index contributed by atoms with van der Waals surface area (Å²) in [5.74, 6) is 1.70. The van der Waals surface area contributed by atoms with Crippen LogP contribution in [0, 0.1) is 11.8 Å². The second-order valence-corrected chi connectivity index (χ2v) is 13.9. The molecule has 2 aliphatic carbocycles. The number of amides is 2. The van der Waals surface area contributed by atoms with Crippen LogP contribution in [-0.2, 0) is 18.9 Å². The minimum Gasteiger partial charge on any atom is -0.444 e. The summed E-state index contributed by atoms with van der Waals surface area (Å²) in [5, 5.41) is 12.5. The molecule has 0 spiro atoms. The summed E-state index contributed by atoms with van der Waals surface area (Å²) >= 11 is 0. The summed E-state index contributed by atoms with van der Waals surface area (Å²) in [6, 6.07) is 0. The molecule has 3 atom stereocenters. The molecule has 40 heavy (non-hydrogen) atoms. The third kappa shape index (κ3) is 13.8. The maximum atomic E-state index is 11.8. The predicted octanol–water partition coefficient (Wildman–Crippen LogP) is 4.19. The van der Waals surface area contributed by atoms with Crippen LogP contribution >= 0.6 is 0 Å². The van der Waals surface area contributed by atoms with Crippen LogP contribution in [-0.4, -0.2) is 109 Å². The van der Waals surface area contributed by atoms with Gasteiger partial charge in [0.05, 0.1) is 24.9 Å². The number of hydrogen-bond acceptors (Lipinski definition) is 8. The number of nitrogens with one attached hydrogen (secondary N) is 1. The topological polar surface area (TPSA) is 110 Å². The highest BCUT2D eigenvalue weighted by Gasteiger charge is 2.32. The Hall–Kier alpha value is -1.62. The molecule has 0 unspecified atom stereocenters. The Kier molecular flexibility index (Phi) is 12.4. The van der Waals surface area contributed by atoms with E-state index >= 15 is 0 Å². The number of likely N-dealkylation sites (tertiary alicyclic amines) is 2. The van der Waals surface area contributed by atoms with Crippen molar-refractivity contribution in [3.8, 4) is 0 Å². The first kappa shape index (κ1) is 32.9. The van der Waals surface area contributed by atoms with Crippen LogP contribution in [0.2, 0.25) is 0 Å². The highest BCUT2D eigenvalue weighted by atomic mass is 16.6. The lowest BCUT2D eigenvalue weighted by Gasteiger charge is -2.24. The Morgan fingerprint density at radius 2 is 1.23 bits per heavy atom. The monoisotopic (exact) mass is 569 g/mol. The van der Waals surface area contributed by atoms with Crippen LogP contribution in [0.4, 0.5) is 9.59 Å². The van der Waals surface area contributed by atoms with Crippen molar-refractivity contribution < 1.29 is 33.6 Å². The van der Waals surface area contributed by atoms with E-state index in [2.05, 4.69) is 5.32 Å². The van der Waals surface area contributed by atoms with E-state index in [4.69, 9.17) is 18.9 Å². The molecule has 5 aliphatic rings. The van der Waals surface area contributed by atoms with Crippen molar-refractivity contribution >= 4 is 12.2 Å². The van der Waals surface area contributed by atoms with E-state index in [9.17, 15) is 14.7 Å². The number of carbonyl (C=O) groups excluding carboxylic acids is 2. The summed E-state index contributed by atoms with van der Waals surface area (Å²) in [4.78, 5) is 26.5. The number of rotatable bonds is 6. The van der Waals surface area contributed by atoms with Crippen molar-refractivity contribution in [2.24, 2.45) is 11.8 Å². The van der Waals surface area contributed by atoms with Gasteiger partial charge in [0.15, 0.2) is 0 Å². The van der Waals surface area contributed by atoms with Crippen molar-refractivity contribution in [3.05, 3.63) is 0 Å². The minimum absolute atomic E-state index is 0.211. The van der Waals surface area contributed by atoms with Gasteiger partial charge in [0.2, 0.25) is 0 Å². The molecule has 2 N–H and O–H groups in total. The van der Waals surface area contributed by atoms with E-state index in [0.29, 0.717) is 32.2 Å². The maximum absolute atomic E-state index is 11.8. The van der Waals surface area contributed by atoms with Gasteiger partial charge in [0.1, 0.15) is 11.2 Å². The lowest BCUT2D eigenvalue weighted by Crippen LogP contribution is -2.36. The number of aliphatic hydroxyl groups is 1. The minimum atomic E-state index is -0.454. The lowest BCUT2D eigenvalue weighted by atomic mass is 10.2. The van der Waals surface area contributed by atoms with Crippen LogP contribution in [0.3, 0.4) is 0 Å². The normalized spacial score (nSPS) is 26.5. The summed E-state index contributed by atoms with van der Waals surface area (Å²) in [6.45, 7) is 17.7. The van der Waals surface area contributed by atoms with Crippen LogP contribution in [0.15, 0.2) is 0 Å². The molecule has 3 aliphatic heterocycles. The lowest BCUT2D eigenvalue weighted by molar-refractivity contribution is 0.0197. The van der Waals surface area contributed by atoms with Gasteiger partial charge in [0.25, 0.3) is 0 Å². The molecule has 2 amide bonds. The zero-order valence-corrected chi connectivity index (χ0v) is 25.8. The first-order valence-corrected chi connectivity index (χ1v) is 15.3. The Morgan fingerprint density at radius 1 is 0.725 bits per heavy atom. The van der Waals surface area contributed by atoms with Crippen molar-refractivity contribution in [2.75, 3.05) is 52.5 Å². The van der Waals surface area contributed by atoms with Gasteiger partial charge in [-0.25, -0.2) is 9.59 Å². The van der Waals surface area contributed by atoms with Crippen molar-refractivity contribution in [3.63, 3.8) is 0 Å². The van der Waals surface area contributed by atoms with Gasteiger partial charge in [0, 0.05) is 39.4 Å². The third-order valence-electron chi connectivity index (χ3n) is 7.16. The zero-order valence-electron chi connectivity index (χ0n) is 25.8. The Bertz CT molecular complexity index is 783. The first-order valence-electron chi connectivity index (χ1n) is 15.3. The molecule has 0 aromatic rings. The highest BCUT2D eigenvalue weighted by molar-refractivity contribution is 5.69. The van der Waals surface area contributed by atoms with Crippen molar-refractivity contribution in [1.82, 2.24) is 15.1 Å². The van der Waals surface area contributed by atoms with Crippen LogP contribution in [0.1, 0.15) is 86.5 Å². The number of nitrogens with zero attached hydrogens (tertiary/aromatic N) is 2. The largest absolute Gasteiger partial charge is 0.444 e. The second-order valence-electron chi connectivity index (χ2n) is 13.9. The fraction of sp³-hybridized carbons (Fsp3) is 0.933. The fourth-order valence-corrected chi connectivity index (χ4v) is 4.47. The third-order valence-corrected chi connectivity index (χ3v) is 7.16. The molecule has 3 saturated heterocycles. The smallest absolute Gasteiger partial charge is 0.410 e. The molecular formula is C30H55N3O7. The number of β-amino-alcohol motifs (C(OH)–C–C–N with tert-alkyl or cyclic N) is 1. The van der Waals surface area contributed by atoms with E-state index in [0.717, 1.165) is 51.1 Å². The van der Waals surface area contributed by atoms with Crippen LogP contribution in [0.5, 0.6) is 0 Å². The molecule has 2 saturated carbocycles. The molecule has 10 nitrogen and oxygen atoms in total. The number of ether oxygens (including phenoxy) is 4. The average molecular weight is 570 g/mol. The highest BCUT2D eigenvalue weighted by Crippen LogP contribution is 2.30. The number of carbonyl (C=O) groups is 2. The summed E-state index contributed by atoms with van der Waals surface area (Å²) in [5.41, 5.74) is -0.866. The molecule has 3 heterocycles. The summed E-state index contributed by atoms with van der Waals surface area (Å²) < 4.78 is 21.9. The van der Waals surface area contributed by atoms with Crippen molar-refractivity contribution in [2.45, 2.75) is 116 Å². The Balaban J connectivity index is 0.000000171. The van der Waals surface area contributed by atoms with Crippen molar-refractivity contribution in [1.29, 1.82) is 0 Å². The standard InChI is InChI=1S/C13H23NO3.C9H17NO3.C8H15NO/c1-13(2,3)17-12(15)14-7-6-11(8-14)16-9-10-4-5-10;1-9(2,3)13-8(12)10-5-4-7(11)6-10;1-2-7(1)6-10-8-3-4-9-5-8/h10-11H,4-9H2,1-3H3;7,11H,4-6H2,1-3H3;7-9H,1-6H2/t11-;7-;8-/m111/s1. The van der Waals surface area contributed by atoms with Gasteiger partial charge in [-0.05, 0) is 105 Å². The van der Waals surface area contributed by atoms with Gasteiger partial charge in [-0.2, -0.15) is 0 Å². The molecule has 10 heteroatoms. The molecule has 0 radical (unpaired) electrons. The quantitative estimate of drug-likeness (QED) is 0.490. The number of hydrogen-bond donors (Lipinski definition) is 2. The predicted molar refractivity (Wildman–Crippen MR) is 153 cm³/mol. The summed E-state index contributed by atoms with van der Waals surface area (Å²) in [7, 11) is 0. The molecule has 5 rings (SSSR count). The first-order chi connectivity index (χ1) is 18.8. The molecule has 0 bridgehead atoms. The van der Waals surface area contributed by atoms with E-state index < -0.39 is 11.2 Å². The average Bonchev–Trinajstić information content (AvgIpc) is 3.68. The van der Waals surface area contributed by atoms with Gasteiger partial charge >= 0.3 is 12.2 Å². The number of aliphatic hydroxyl groups excluding tert-OH is 1. The van der Waals surface area contributed by atoms with E-state index in [1.165, 1.54) is 37.0 Å². The van der Waals surface area contributed by atoms with Gasteiger partial charge < -0.3 is 39.2 Å². The SMILES string of the molecule is C1C[C@@H](OCC2CC2)CN1.CC(C)(C)OC(=O)N1CC[C@@H](O)C1.CC(C)(C)OC(=O)N1CC[C@@H](OCC2CC2)C1. The van der Waals surface area contributed by atoms with Gasteiger partial charge in [-0.1, -0.05) is 0 Å². The van der Waals surface area contributed by atoms with Crippen LogP contribution < -0.4 is 5.32 Å². The molecule has 0 aromatic carbocycles. The molecular weight excluding hydrogens is 514 g/mol. The van der Waals surface area contributed by atoms with E-state index in [1.807, 2.05) is 41.5 Å². The Labute approximate surface area is 241 Å². The molecule has 0 aromatic heterocycles. The van der Waals surface area contributed by atoms with Gasteiger partial charge in [-0.15, -0.1) is 0 Å². The maximum Gasteiger partial charge on any atom is 0.410 e.